The summed E-state index contributed by atoms with van der Waals surface area (Å²) in [5.74, 6) is 0.928. The summed E-state index contributed by atoms with van der Waals surface area (Å²) in [5.41, 5.74) is 1.55. The molecular formula is C16H21N3O3. The Morgan fingerprint density at radius 2 is 2.18 bits per heavy atom. The van der Waals surface area contributed by atoms with Gasteiger partial charge in [0.25, 0.3) is 5.69 Å². The van der Waals surface area contributed by atoms with Crippen LogP contribution in [0.3, 0.4) is 0 Å². The number of benzene rings is 1. The molecule has 1 heterocycles. The lowest BCUT2D eigenvalue weighted by Gasteiger charge is -2.17. The Morgan fingerprint density at radius 3 is 2.86 bits per heavy atom. The van der Waals surface area contributed by atoms with Crippen molar-refractivity contribution in [2.45, 2.75) is 26.2 Å². The predicted octanol–water partition coefficient (Wildman–Crippen LogP) is 2.57. The Morgan fingerprint density at radius 1 is 1.41 bits per heavy atom. The van der Waals surface area contributed by atoms with Crippen LogP contribution < -0.4 is 5.32 Å². The largest absolute Gasteiger partial charge is 0.379 e. The molecule has 1 N–H and O–H groups in total. The quantitative estimate of drug-likeness (QED) is 0.670. The van der Waals surface area contributed by atoms with Gasteiger partial charge >= 0.3 is 0 Å². The maximum absolute atomic E-state index is 12.0. The Labute approximate surface area is 129 Å². The number of nitrogens with one attached hydrogen (secondary N) is 1. The Hall–Kier alpha value is -2.11. The highest BCUT2D eigenvalue weighted by molar-refractivity contribution is 5.81. The zero-order chi connectivity index (χ0) is 15.7. The molecular weight excluding hydrogens is 282 g/mol. The van der Waals surface area contributed by atoms with Crippen molar-refractivity contribution >= 4 is 17.3 Å². The molecule has 3 rings (SSSR count). The van der Waals surface area contributed by atoms with Gasteiger partial charge in [-0.2, -0.15) is 0 Å². The Bertz CT molecular complexity index is 598. The van der Waals surface area contributed by atoms with E-state index < -0.39 is 0 Å². The van der Waals surface area contributed by atoms with Gasteiger partial charge in [-0.3, -0.25) is 14.9 Å². The van der Waals surface area contributed by atoms with Gasteiger partial charge < -0.3 is 10.2 Å². The molecule has 1 saturated carbocycles. The van der Waals surface area contributed by atoms with E-state index in [0.29, 0.717) is 24.1 Å². The summed E-state index contributed by atoms with van der Waals surface area (Å²) in [5, 5.41) is 14.3. The predicted molar refractivity (Wildman–Crippen MR) is 83.7 cm³/mol. The second-order valence-corrected chi connectivity index (χ2v) is 6.37. The first-order valence-electron chi connectivity index (χ1n) is 7.82. The van der Waals surface area contributed by atoms with Gasteiger partial charge in [0.15, 0.2) is 0 Å². The maximum atomic E-state index is 12.0. The number of rotatable bonds is 5. The standard InChI is InChI=1S/C16H21N3O3/c1-11-2-5-14(15(8-11)19(21)22)17-9-12-6-7-18(10-12)16(20)13-3-4-13/h2,5,8,12-13,17H,3-4,6-7,9-10H2,1H3. The van der Waals surface area contributed by atoms with Crippen molar-refractivity contribution in [2.24, 2.45) is 11.8 Å². The van der Waals surface area contributed by atoms with E-state index in [1.807, 2.05) is 17.9 Å². The molecule has 1 aliphatic heterocycles. The first-order valence-corrected chi connectivity index (χ1v) is 7.82. The van der Waals surface area contributed by atoms with Crippen LogP contribution in [0.5, 0.6) is 0 Å². The fourth-order valence-electron chi connectivity index (χ4n) is 2.98. The molecule has 1 amide bonds. The van der Waals surface area contributed by atoms with Crippen LogP contribution in [0.1, 0.15) is 24.8 Å². The fraction of sp³-hybridized carbons (Fsp3) is 0.562. The molecule has 6 heteroatoms. The summed E-state index contributed by atoms with van der Waals surface area (Å²) >= 11 is 0. The molecule has 2 aliphatic rings. The number of anilines is 1. The molecule has 22 heavy (non-hydrogen) atoms. The van der Waals surface area contributed by atoms with Crippen molar-refractivity contribution < 1.29 is 9.72 Å². The van der Waals surface area contributed by atoms with E-state index in [4.69, 9.17) is 0 Å². The van der Waals surface area contributed by atoms with Crippen molar-refractivity contribution in [3.63, 3.8) is 0 Å². The van der Waals surface area contributed by atoms with Crippen LogP contribution >= 0.6 is 0 Å². The Balaban J connectivity index is 1.57. The van der Waals surface area contributed by atoms with Gasteiger partial charge in [0.1, 0.15) is 5.69 Å². The van der Waals surface area contributed by atoms with Crippen LogP contribution in [0.4, 0.5) is 11.4 Å². The van der Waals surface area contributed by atoms with Crippen molar-refractivity contribution in [1.29, 1.82) is 0 Å². The zero-order valence-corrected chi connectivity index (χ0v) is 12.7. The molecule has 1 aromatic rings. The van der Waals surface area contributed by atoms with Gasteiger partial charge in [-0.05, 0) is 43.7 Å². The summed E-state index contributed by atoms with van der Waals surface area (Å²) < 4.78 is 0. The number of amides is 1. The number of nitrogens with zero attached hydrogens (tertiary/aromatic N) is 2. The lowest BCUT2D eigenvalue weighted by Crippen LogP contribution is -2.30. The topological polar surface area (TPSA) is 75.5 Å². The van der Waals surface area contributed by atoms with Gasteiger partial charge in [0.2, 0.25) is 5.91 Å². The van der Waals surface area contributed by atoms with Crippen molar-refractivity contribution in [3.05, 3.63) is 33.9 Å². The van der Waals surface area contributed by atoms with Gasteiger partial charge in [-0.25, -0.2) is 0 Å². The van der Waals surface area contributed by atoms with Crippen LogP contribution in [-0.4, -0.2) is 35.4 Å². The summed E-state index contributed by atoms with van der Waals surface area (Å²) in [6, 6.07) is 5.21. The molecule has 0 aromatic heterocycles. The van der Waals surface area contributed by atoms with E-state index >= 15 is 0 Å². The molecule has 1 atom stereocenters. The smallest absolute Gasteiger partial charge is 0.292 e. The number of nitro benzene ring substituents is 1. The molecule has 1 aliphatic carbocycles. The van der Waals surface area contributed by atoms with Crippen LogP contribution in [0, 0.1) is 28.9 Å². The van der Waals surface area contributed by atoms with Gasteiger partial charge in [-0.1, -0.05) is 6.07 Å². The number of hydrogen-bond acceptors (Lipinski definition) is 4. The molecule has 0 bridgehead atoms. The molecule has 0 spiro atoms. The summed E-state index contributed by atoms with van der Waals surface area (Å²) in [6.07, 6.45) is 3.03. The first kappa shape index (κ1) is 14.8. The number of carbonyl (C=O) groups excluding carboxylic acids is 1. The third-order valence-corrected chi connectivity index (χ3v) is 4.46. The van der Waals surface area contributed by atoms with Gasteiger partial charge in [0.05, 0.1) is 4.92 Å². The Kier molecular flexibility index (Phi) is 4.00. The minimum Gasteiger partial charge on any atom is -0.379 e. The van der Waals surface area contributed by atoms with Crippen LogP contribution in [0.25, 0.3) is 0 Å². The number of likely N-dealkylation sites (tertiary alicyclic amines) is 1. The highest BCUT2D eigenvalue weighted by Crippen LogP contribution is 2.33. The summed E-state index contributed by atoms with van der Waals surface area (Å²) in [7, 11) is 0. The fourth-order valence-corrected chi connectivity index (χ4v) is 2.98. The van der Waals surface area contributed by atoms with E-state index in [9.17, 15) is 14.9 Å². The van der Waals surface area contributed by atoms with Crippen LogP contribution in [-0.2, 0) is 4.79 Å². The normalized spacial score (nSPS) is 21.0. The highest BCUT2D eigenvalue weighted by atomic mass is 16.6. The molecule has 0 radical (unpaired) electrons. The third kappa shape index (κ3) is 3.21. The lowest BCUT2D eigenvalue weighted by molar-refractivity contribution is -0.384. The molecule has 6 nitrogen and oxygen atoms in total. The highest BCUT2D eigenvalue weighted by Gasteiger charge is 2.36. The maximum Gasteiger partial charge on any atom is 0.292 e. The minimum atomic E-state index is -0.354. The number of carbonyl (C=O) groups is 1. The summed E-state index contributed by atoms with van der Waals surface area (Å²) in [4.78, 5) is 24.7. The monoisotopic (exact) mass is 303 g/mol. The van der Waals surface area contributed by atoms with E-state index in [2.05, 4.69) is 5.32 Å². The number of nitro groups is 1. The minimum absolute atomic E-state index is 0.115. The van der Waals surface area contributed by atoms with Crippen LogP contribution in [0.2, 0.25) is 0 Å². The van der Waals surface area contributed by atoms with E-state index in [1.54, 1.807) is 12.1 Å². The average Bonchev–Trinajstić information content (AvgIpc) is 3.23. The molecule has 2 fully saturated rings. The van der Waals surface area contributed by atoms with E-state index in [1.165, 1.54) is 0 Å². The third-order valence-electron chi connectivity index (χ3n) is 4.46. The lowest BCUT2D eigenvalue weighted by atomic mass is 10.1. The zero-order valence-electron chi connectivity index (χ0n) is 12.7. The number of aryl methyl sites for hydroxylation is 1. The van der Waals surface area contributed by atoms with E-state index in [-0.39, 0.29) is 16.5 Å². The summed E-state index contributed by atoms with van der Waals surface area (Å²) in [6.45, 7) is 4.09. The SMILES string of the molecule is Cc1ccc(NCC2CCN(C(=O)C3CC3)C2)c([N+](=O)[O-])c1. The second kappa shape index (κ2) is 5.94. The second-order valence-electron chi connectivity index (χ2n) is 6.37. The molecule has 1 unspecified atom stereocenters. The van der Waals surface area contributed by atoms with E-state index in [0.717, 1.165) is 37.9 Å². The van der Waals surface area contributed by atoms with Crippen molar-refractivity contribution in [2.75, 3.05) is 25.0 Å². The molecule has 1 aromatic carbocycles. The van der Waals surface area contributed by atoms with Crippen molar-refractivity contribution in [3.8, 4) is 0 Å². The first-order chi connectivity index (χ1) is 10.5. The van der Waals surface area contributed by atoms with Gasteiger partial charge in [0, 0.05) is 31.6 Å². The van der Waals surface area contributed by atoms with Crippen molar-refractivity contribution in [1.82, 2.24) is 4.90 Å². The molecule has 118 valence electrons. The molecule has 1 saturated heterocycles. The number of hydrogen-bond donors (Lipinski definition) is 1. The van der Waals surface area contributed by atoms with Gasteiger partial charge in [-0.15, -0.1) is 0 Å². The average molecular weight is 303 g/mol. The van der Waals surface area contributed by atoms with Crippen LogP contribution in [0.15, 0.2) is 18.2 Å².